The van der Waals surface area contributed by atoms with Crippen molar-refractivity contribution in [1.29, 1.82) is 0 Å². The number of ether oxygens (including phenoxy) is 1. The first kappa shape index (κ1) is 17.6. The smallest absolute Gasteiger partial charge is 0.394 e. The van der Waals surface area contributed by atoms with Crippen LogP contribution in [-0.4, -0.2) is 62.1 Å². The molecular weight excluding hydrogens is 365 g/mol. The van der Waals surface area contributed by atoms with Crippen LogP contribution < -0.4 is 4.90 Å². The summed E-state index contributed by atoms with van der Waals surface area (Å²) in [6, 6.07) is 3.81. The summed E-state index contributed by atoms with van der Waals surface area (Å²) in [7, 11) is 0. The highest BCUT2D eigenvalue weighted by Crippen LogP contribution is 2.29. The molecule has 1 unspecified atom stereocenters. The molecule has 0 saturated carbocycles. The SMILES string of the molecule is OCC1CN(c2cc(-c3cnc4ccc(C(F)(F)F)nn34)ncn2)CCO1. The van der Waals surface area contributed by atoms with Crippen LogP contribution in [0, 0.1) is 0 Å². The summed E-state index contributed by atoms with van der Waals surface area (Å²) < 4.78 is 45.5. The number of anilines is 1. The molecule has 0 spiro atoms. The zero-order chi connectivity index (χ0) is 19.0. The Bertz CT molecular complexity index is 961. The number of hydrogen-bond donors (Lipinski definition) is 1. The Morgan fingerprint density at radius 2 is 2.07 bits per heavy atom. The maximum absolute atomic E-state index is 13.0. The predicted octanol–water partition coefficient (Wildman–Crippen LogP) is 1.40. The first-order chi connectivity index (χ1) is 13.0. The fourth-order valence-corrected chi connectivity index (χ4v) is 2.90. The number of fused-ring (bicyclic) bond motifs is 1. The Kier molecular flexibility index (Phi) is 4.40. The lowest BCUT2D eigenvalue weighted by Crippen LogP contribution is -2.44. The third-order valence-corrected chi connectivity index (χ3v) is 4.23. The molecule has 0 bridgehead atoms. The van der Waals surface area contributed by atoms with Crippen LogP contribution in [0.5, 0.6) is 0 Å². The molecule has 1 fully saturated rings. The number of rotatable bonds is 3. The van der Waals surface area contributed by atoms with Crippen LogP contribution in [0.3, 0.4) is 0 Å². The Morgan fingerprint density at radius 1 is 1.22 bits per heavy atom. The van der Waals surface area contributed by atoms with Gasteiger partial charge in [-0.25, -0.2) is 19.5 Å². The van der Waals surface area contributed by atoms with Gasteiger partial charge in [-0.05, 0) is 12.1 Å². The molecule has 1 N–H and O–H groups in total. The van der Waals surface area contributed by atoms with Crippen LogP contribution in [0.1, 0.15) is 5.69 Å². The minimum atomic E-state index is -4.56. The molecule has 0 radical (unpaired) electrons. The second kappa shape index (κ2) is 6.74. The molecule has 0 aromatic carbocycles. The van der Waals surface area contributed by atoms with Gasteiger partial charge >= 0.3 is 6.18 Å². The molecule has 3 aromatic rings. The normalized spacial score (nSPS) is 18.2. The first-order valence-electron chi connectivity index (χ1n) is 8.17. The average Bonchev–Trinajstić information content (AvgIpc) is 3.11. The number of imidazole rings is 1. The van der Waals surface area contributed by atoms with Crippen LogP contribution in [0.25, 0.3) is 17.0 Å². The first-order valence-corrected chi connectivity index (χ1v) is 8.17. The summed E-state index contributed by atoms with van der Waals surface area (Å²) in [5, 5.41) is 12.9. The number of hydrogen-bond acceptors (Lipinski definition) is 7. The van der Waals surface area contributed by atoms with Crippen molar-refractivity contribution in [3.8, 4) is 11.4 Å². The Balaban J connectivity index is 1.71. The van der Waals surface area contributed by atoms with Crippen molar-refractivity contribution in [2.75, 3.05) is 31.2 Å². The molecule has 3 aromatic heterocycles. The second-order valence-corrected chi connectivity index (χ2v) is 6.01. The molecule has 142 valence electrons. The summed E-state index contributed by atoms with van der Waals surface area (Å²) in [6.07, 6.45) is -2.12. The summed E-state index contributed by atoms with van der Waals surface area (Å²) in [6.45, 7) is 1.37. The number of aromatic nitrogens is 5. The molecule has 4 heterocycles. The van der Waals surface area contributed by atoms with Gasteiger partial charge in [-0.3, -0.25) is 0 Å². The summed E-state index contributed by atoms with van der Waals surface area (Å²) in [5.74, 6) is 0.587. The van der Waals surface area contributed by atoms with Crippen LogP contribution in [0.4, 0.5) is 19.0 Å². The van der Waals surface area contributed by atoms with Crippen LogP contribution >= 0.6 is 0 Å². The highest BCUT2D eigenvalue weighted by molar-refractivity contribution is 5.62. The molecule has 4 rings (SSSR count). The van der Waals surface area contributed by atoms with Crippen LogP contribution in [0.15, 0.2) is 30.7 Å². The summed E-state index contributed by atoms with van der Waals surface area (Å²) in [4.78, 5) is 14.4. The number of nitrogens with zero attached hydrogens (tertiary/aromatic N) is 6. The third kappa shape index (κ3) is 3.43. The fraction of sp³-hybridized carbons (Fsp3) is 0.375. The zero-order valence-corrected chi connectivity index (χ0v) is 14.0. The fourth-order valence-electron chi connectivity index (χ4n) is 2.90. The van der Waals surface area contributed by atoms with Crippen molar-refractivity contribution in [1.82, 2.24) is 24.6 Å². The highest BCUT2D eigenvalue weighted by Gasteiger charge is 2.33. The van der Waals surface area contributed by atoms with Gasteiger partial charge in [0.1, 0.15) is 17.8 Å². The van der Waals surface area contributed by atoms with E-state index in [2.05, 4.69) is 20.1 Å². The van der Waals surface area contributed by atoms with Gasteiger partial charge in [0.2, 0.25) is 0 Å². The van der Waals surface area contributed by atoms with E-state index in [-0.39, 0.29) is 18.4 Å². The number of morpholine rings is 1. The Labute approximate surface area is 151 Å². The van der Waals surface area contributed by atoms with E-state index in [1.807, 2.05) is 4.90 Å². The molecule has 1 saturated heterocycles. The van der Waals surface area contributed by atoms with Crippen molar-refractivity contribution >= 4 is 11.5 Å². The monoisotopic (exact) mass is 380 g/mol. The molecule has 27 heavy (non-hydrogen) atoms. The van der Waals surface area contributed by atoms with E-state index in [9.17, 15) is 18.3 Å². The predicted molar refractivity (Wildman–Crippen MR) is 88.1 cm³/mol. The van der Waals surface area contributed by atoms with Gasteiger partial charge in [-0.1, -0.05) is 0 Å². The molecular formula is C16H15F3N6O2. The van der Waals surface area contributed by atoms with Gasteiger partial charge in [-0.2, -0.15) is 18.3 Å². The van der Waals surface area contributed by atoms with E-state index in [0.29, 0.717) is 36.9 Å². The lowest BCUT2D eigenvalue weighted by Gasteiger charge is -2.32. The van der Waals surface area contributed by atoms with E-state index >= 15 is 0 Å². The van der Waals surface area contributed by atoms with Gasteiger partial charge in [0, 0.05) is 19.2 Å². The van der Waals surface area contributed by atoms with E-state index in [0.717, 1.165) is 10.6 Å². The van der Waals surface area contributed by atoms with Crippen molar-refractivity contribution in [2.24, 2.45) is 0 Å². The molecule has 1 atom stereocenters. The standard InChI is InChI=1S/C16H15F3N6O2/c17-16(18,19)13-1-2-14-20-6-12(25(14)23-13)11-5-15(22-9-21-11)24-3-4-27-10(7-24)8-26/h1-2,5-6,9-10,26H,3-4,7-8H2. The van der Waals surface area contributed by atoms with Crippen molar-refractivity contribution in [3.63, 3.8) is 0 Å². The molecule has 0 amide bonds. The number of aliphatic hydroxyl groups excluding tert-OH is 1. The zero-order valence-electron chi connectivity index (χ0n) is 14.0. The summed E-state index contributed by atoms with van der Waals surface area (Å²) in [5.41, 5.74) is -0.00884. The third-order valence-electron chi connectivity index (χ3n) is 4.23. The van der Waals surface area contributed by atoms with Crippen molar-refractivity contribution < 1.29 is 23.0 Å². The number of aliphatic hydroxyl groups is 1. The lowest BCUT2D eigenvalue weighted by molar-refractivity contribution is -0.141. The van der Waals surface area contributed by atoms with Gasteiger partial charge < -0.3 is 14.7 Å². The van der Waals surface area contributed by atoms with E-state index in [4.69, 9.17) is 4.74 Å². The molecule has 8 nitrogen and oxygen atoms in total. The molecule has 1 aliphatic heterocycles. The van der Waals surface area contributed by atoms with Crippen molar-refractivity contribution in [2.45, 2.75) is 12.3 Å². The van der Waals surface area contributed by atoms with E-state index in [1.54, 1.807) is 6.07 Å². The second-order valence-electron chi connectivity index (χ2n) is 6.01. The van der Waals surface area contributed by atoms with Gasteiger partial charge in [0.05, 0.1) is 31.2 Å². The minimum Gasteiger partial charge on any atom is -0.394 e. The lowest BCUT2D eigenvalue weighted by atomic mass is 10.2. The Hall–Kier alpha value is -2.79. The number of halogens is 3. The van der Waals surface area contributed by atoms with Gasteiger partial charge in [0.25, 0.3) is 0 Å². The molecule has 11 heteroatoms. The van der Waals surface area contributed by atoms with Gasteiger partial charge in [-0.15, -0.1) is 0 Å². The highest BCUT2D eigenvalue weighted by atomic mass is 19.4. The molecule has 1 aliphatic rings. The Morgan fingerprint density at radius 3 is 2.85 bits per heavy atom. The topological polar surface area (TPSA) is 88.7 Å². The van der Waals surface area contributed by atoms with Crippen LogP contribution in [0.2, 0.25) is 0 Å². The quantitative estimate of drug-likeness (QED) is 0.735. The largest absolute Gasteiger partial charge is 0.435 e. The maximum atomic E-state index is 13.0. The van der Waals surface area contributed by atoms with E-state index < -0.39 is 11.9 Å². The minimum absolute atomic E-state index is 0.105. The summed E-state index contributed by atoms with van der Waals surface area (Å²) >= 11 is 0. The van der Waals surface area contributed by atoms with Crippen molar-refractivity contribution in [3.05, 3.63) is 36.4 Å². The maximum Gasteiger partial charge on any atom is 0.435 e. The molecule has 0 aliphatic carbocycles. The number of alkyl halides is 3. The average molecular weight is 380 g/mol. The van der Waals surface area contributed by atoms with Crippen LogP contribution in [-0.2, 0) is 10.9 Å². The van der Waals surface area contributed by atoms with E-state index in [1.165, 1.54) is 18.6 Å². The van der Waals surface area contributed by atoms with Gasteiger partial charge in [0.15, 0.2) is 11.3 Å².